The zero-order valence-corrected chi connectivity index (χ0v) is 13.2. The Kier molecular flexibility index (Phi) is 4.20. The van der Waals surface area contributed by atoms with Crippen molar-refractivity contribution in [2.45, 2.75) is 37.0 Å². The summed E-state index contributed by atoms with van der Waals surface area (Å²) >= 11 is 9.71. The Morgan fingerprint density at radius 1 is 1.42 bits per heavy atom. The van der Waals surface area contributed by atoms with Gasteiger partial charge in [-0.05, 0) is 43.7 Å². The molecule has 2 atom stereocenters. The molecule has 1 saturated carbocycles. The van der Waals surface area contributed by atoms with Crippen molar-refractivity contribution in [2.75, 3.05) is 11.6 Å². The summed E-state index contributed by atoms with van der Waals surface area (Å²) in [6, 6.07) is 6.45. The Bertz CT molecular complexity index is 570. The summed E-state index contributed by atoms with van der Waals surface area (Å²) in [5.41, 5.74) is 1.04. The molecule has 0 radical (unpaired) electrons. The summed E-state index contributed by atoms with van der Waals surface area (Å²) in [6.45, 7) is 0. The maximum atomic E-state index is 6.01. The van der Waals surface area contributed by atoms with Gasteiger partial charge in [0, 0.05) is 16.3 Å². The second-order valence-corrected chi connectivity index (χ2v) is 7.60. The molecule has 19 heavy (non-hydrogen) atoms. The highest BCUT2D eigenvalue weighted by Gasteiger charge is 2.21. The minimum absolute atomic E-state index is 0.572. The van der Waals surface area contributed by atoms with Crippen LogP contribution in [-0.2, 0) is 0 Å². The van der Waals surface area contributed by atoms with E-state index in [0.717, 1.165) is 25.6 Å². The van der Waals surface area contributed by atoms with Crippen LogP contribution in [0.4, 0.5) is 5.13 Å². The summed E-state index contributed by atoms with van der Waals surface area (Å²) in [6.07, 6.45) is 7.40. The first-order valence-corrected chi connectivity index (χ1v) is 9.08. The van der Waals surface area contributed by atoms with Gasteiger partial charge in [-0.25, -0.2) is 4.98 Å². The Morgan fingerprint density at radius 2 is 2.32 bits per heavy atom. The van der Waals surface area contributed by atoms with Crippen molar-refractivity contribution in [3.8, 4) is 0 Å². The van der Waals surface area contributed by atoms with Crippen molar-refractivity contribution in [3.63, 3.8) is 0 Å². The zero-order chi connectivity index (χ0) is 13.2. The number of fused-ring (bicyclic) bond motifs is 1. The van der Waals surface area contributed by atoms with Gasteiger partial charge in [-0.2, -0.15) is 11.8 Å². The lowest BCUT2D eigenvalue weighted by atomic mass is 9.95. The van der Waals surface area contributed by atoms with Crippen LogP contribution in [0.15, 0.2) is 18.2 Å². The number of hydrogen-bond donors (Lipinski definition) is 1. The monoisotopic (exact) mass is 312 g/mol. The van der Waals surface area contributed by atoms with Gasteiger partial charge in [-0.15, -0.1) is 0 Å². The average molecular weight is 313 g/mol. The molecule has 1 aromatic carbocycles. The van der Waals surface area contributed by atoms with Gasteiger partial charge in [0.15, 0.2) is 5.13 Å². The van der Waals surface area contributed by atoms with E-state index in [1.165, 1.54) is 25.7 Å². The Labute approximate surface area is 126 Å². The first-order valence-electron chi connectivity index (χ1n) is 6.60. The van der Waals surface area contributed by atoms with E-state index in [4.69, 9.17) is 11.6 Å². The fourth-order valence-electron chi connectivity index (χ4n) is 2.62. The van der Waals surface area contributed by atoms with Crippen LogP contribution in [-0.4, -0.2) is 22.5 Å². The number of halogens is 1. The van der Waals surface area contributed by atoms with Gasteiger partial charge in [0.25, 0.3) is 0 Å². The Hall–Kier alpha value is -0.450. The normalized spacial score (nSPS) is 23.7. The van der Waals surface area contributed by atoms with Crippen molar-refractivity contribution in [1.82, 2.24) is 4.98 Å². The molecule has 2 nitrogen and oxygen atoms in total. The van der Waals surface area contributed by atoms with Gasteiger partial charge in [-0.1, -0.05) is 29.4 Å². The van der Waals surface area contributed by atoms with Crippen molar-refractivity contribution in [2.24, 2.45) is 0 Å². The van der Waals surface area contributed by atoms with Crippen LogP contribution >= 0.6 is 34.7 Å². The number of thiazole rings is 1. The van der Waals surface area contributed by atoms with Crippen molar-refractivity contribution in [1.29, 1.82) is 0 Å². The molecule has 5 heteroatoms. The summed E-state index contributed by atoms with van der Waals surface area (Å²) in [4.78, 5) is 4.64. The molecule has 0 bridgehead atoms. The Balaban J connectivity index is 1.74. The molecular formula is C14H17ClN2S2. The van der Waals surface area contributed by atoms with Gasteiger partial charge < -0.3 is 5.32 Å². The smallest absolute Gasteiger partial charge is 0.184 e. The van der Waals surface area contributed by atoms with Crippen LogP contribution in [0, 0.1) is 0 Å². The fraction of sp³-hybridized carbons (Fsp3) is 0.500. The highest BCUT2D eigenvalue weighted by molar-refractivity contribution is 7.99. The number of nitrogens with zero attached hydrogens (tertiary/aromatic N) is 1. The van der Waals surface area contributed by atoms with Crippen LogP contribution in [0.2, 0.25) is 5.02 Å². The third-order valence-electron chi connectivity index (χ3n) is 3.64. The summed E-state index contributed by atoms with van der Waals surface area (Å²) in [5.74, 6) is 0. The molecule has 0 amide bonds. The van der Waals surface area contributed by atoms with Gasteiger partial charge >= 0.3 is 0 Å². The number of hydrogen-bond acceptors (Lipinski definition) is 4. The minimum Gasteiger partial charge on any atom is -0.359 e. The van der Waals surface area contributed by atoms with Crippen molar-refractivity contribution < 1.29 is 0 Å². The molecular weight excluding hydrogens is 296 g/mol. The molecule has 1 aliphatic carbocycles. The molecule has 3 rings (SSSR count). The lowest BCUT2D eigenvalue weighted by Crippen LogP contribution is -2.28. The van der Waals surface area contributed by atoms with Gasteiger partial charge in [0.1, 0.15) is 0 Å². The van der Waals surface area contributed by atoms with E-state index in [1.807, 2.05) is 30.0 Å². The van der Waals surface area contributed by atoms with Gasteiger partial charge in [0.05, 0.1) is 10.2 Å². The van der Waals surface area contributed by atoms with Crippen LogP contribution in [0.3, 0.4) is 0 Å². The molecule has 1 fully saturated rings. The molecule has 0 spiro atoms. The summed E-state index contributed by atoms with van der Waals surface area (Å²) < 4.78 is 1.16. The molecule has 1 aliphatic rings. The number of aromatic nitrogens is 1. The molecule has 2 unspecified atom stereocenters. The predicted molar refractivity (Wildman–Crippen MR) is 87.8 cm³/mol. The summed E-state index contributed by atoms with van der Waals surface area (Å²) in [5, 5.41) is 6.22. The number of nitrogens with one attached hydrogen (secondary N) is 1. The molecule has 1 N–H and O–H groups in total. The molecule has 0 saturated heterocycles. The highest BCUT2D eigenvalue weighted by atomic mass is 35.5. The SMILES string of the molecule is CSC1CCCC(Nc2nc3ccc(Cl)cc3s2)C1. The fourth-order valence-corrected chi connectivity index (χ4v) is 4.67. The van der Waals surface area contributed by atoms with E-state index in [0.29, 0.717) is 6.04 Å². The van der Waals surface area contributed by atoms with Crippen LogP contribution in [0.1, 0.15) is 25.7 Å². The van der Waals surface area contributed by atoms with Crippen molar-refractivity contribution >= 4 is 50.0 Å². The topological polar surface area (TPSA) is 24.9 Å². The van der Waals surface area contributed by atoms with E-state index in [1.54, 1.807) is 11.3 Å². The van der Waals surface area contributed by atoms with Crippen LogP contribution in [0.25, 0.3) is 10.2 Å². The van der Waals surface area contributed by atoms with Gasteiger partial charge in [0.2, 0.25) is 0 Å². The van der Waals surface area contributed by atoms with Crippen LogP contribution < -0.4 is 5.32 Å². The second kappa shape index (κ2) is 5.90. The Morgan fingerprint density at radius 3 is 3.16 bits per heavy atom. The van der Waals surface area contributed by atoms with E-state index >= 15 is 0 Å². The largest absolute Gasteiger partial charge is 0.359 e. The van der Waals surface area contributed by atoms with E-state index < -0.39 is 0 Å². The lowest BCUT2D eigenvalue weighted by molar-refractivity contribution is 0.473. The first-order chi connectivity index (χ1) is 9.24. The maximum absolute atomic E-state index is 6.01. The van der Waals surface area contributed by atoms with Crippen LogP contribution in [0.5, 0.6) is 0 Å². The van der Waals surface area contributed by atoms with E-state index in [-0.39, 0.29) is 0 Å². The lowest BCUT2D eigenvalue weighted by Gasteiger charge is -2.28. The number of benzene rings is 1. The number of anilines is 1. The van der Waals surface area contributed by atoms with Gasteiger partial charge in [-0.3, -0.25) is 0 Å². The first kappa shape index (κ1) is 13.5. The third-order valence-corrected chi connectivity index (χ3v) is 5.92. The predicted octanol–water partition coefficient (Wildman–Crippen LogP) is 5.04. The average Bonchev–Trinajstić information content (AvgIpc) is 2.80. The molecule has 2 aromatic rings. The zero-order valence-electron chi connectivity index (χ0n) is 10.9. The highest BCUT2D eigenvalue weighted by Crippen LogP contribution is 2.32. The quantitative estimate of drug-likeness (QED) is 0.860. The number of thioether (sulfide) groups is 1. The summed E-state index contributed by atoms with van der Waals surface area (Å²) in [7, 11) is 0. The number of rotatable bonds is 3. The van der Waals surface area contributed by atoms with E-state index in [9.17, 15) is 0 Å². The second-order valence-electron chi connectivity index (χ2n) is 5.00. The molecule has 0 aliphatic heterocycles. The molecule has 102 valence electrons. The molecule has 1 aromatic heterocycles. The van der Waals surface area contributed by atoms with E-state index in [2.05, 4.69) is 16.6 Å². The third kappa shape index (κ3) is 3.18. The maximum Gasteiger partial charge on any atom is 0.184 e. The molecule has 1 heterocycles. The standard InChI is InChI=1S/C14H17ClN2S2/c1-18-11-4-2-3-10(8-11)16-14-17-12-6-5-9(15)7-13(12)19-14/h5-7,10-11H,2-4,8H2,1H3,(H,16,17). The van der Waals surface area contributed by atoms with Crippen molar-refractivity contribution in [3.05, 3.63) is 23.2 Å². The minimum atomic E-state index is 0.572.